The highest BCUT2D eigenvalue weighted by molar-refractivity contribution is 9.09. The molecule has 0 spiro atoms. The molecule has 0 aromatic heterocycles. The summed E-state index contributed by atoms with van der Waals surface area (Å²) >= 11 is 3.61. The van der Waals surface area contributed by atoms with E-state index in [0.717, 1.165) is 43.7 Å². The average molecular weight is 313 g/mol. The fourth-order valence-electron chi connectivity index (χ4n) is 1.85. The van der Waals surface area contributed by atoms with Crippen LogP contribution in [0.3, 0.4) is 0 Å². The van der Waals surface area contributed by atoms with Gasteiger partial charge in [-0.05, 0) is 36.7 Å². The van der Waals surface area contributed by atoms with Crippen LogP contribution in [-0.4, -0.2) is 18.5 Å². The maximum Gasteiger partial charge on any atom is 0.0469 e. The lowest BCUT2D eigenvalue weighted by Gasteiger charge is -2.14. The van der Waals surface area contributed by atoms with Gasteiger partial charge in [-0.25, -0.2) is 0 Å². The van der Waals surface area contributed by atoms with E-state index in [9.17, 15) is 0 Å². The van der Waals surface area contributed by atoms with Gasteiger partial charge in [0, 0.05) is 18.5 Å². The summed E-state index contributed by atoms with van der Waals surface area (Å²) < 4.78 is 5.69. The van der Waals surface area contributed by atoms with E-state index in [0.29, 0.717) is 5.92 Å². The van der Waals surface area contributed by atoms with Crippen LogP contribution in [0.2, 0.25) is 0 Å². The number of ether oxygens (including phenoxy) is 1. The Morgan fingerprint density at radius 3 is 2.33 bits per heavy atom. The maximum absolute atomic E-state index is 5.69. The zero-order chi connectivity index (χ0) is 13.2. The molecule has 0 saturated carbocycles. The van der Waals surface area contributed by atoms with E-state index in [-0.39, 0.29) is 0 Å². The van der Waals surface area contributed by atoms with Crippen LogP contribution >= 0.6 is 15.9 Å². The van der Waals surface area contributed by atoms with Crippen molar-refractivity contribution in [2.75, 3.05) is 18.5 Å². The summed E-state index contributed by atoms with van der Waals surface area (Å²) in [7, 11) is 0. The van der Waals surface area contributed by atoms with Crippen molar-refractivity contribution in [1.29, 1.82) is 0 Å². The second-order valence-corrected chi connectivity index (χ2v) is 5.94. The molecule has 1 rings (SSSR count). The van der Waals surface area contributed by atoms with Gasteiger partial charge in [0.2, 0.25) is 0 Å². The third kappa shape index (κ3) is 7.17. The van der Waals surface area contributed by atoms with Gasteiger partial charge in [-0.2, -0.15) is 0 Å². The summed E-state index contributed by atoms with van der Waals surface area (Å²) in [6.45, 7) is 6.26. The largest absolute Gasteiger partial charge is 0.381 e. The summed E-state index contributed by atoms with van der Waals surface area (Å²) in [6, 6.07) is 10.7. The molecule has 1 nitrogen and oxygen atoms in total. The fraction of sp³-hybridized carbons (Fsp3) is 0.625. The van der Waals surface area contributed by atoms with E-state index in [4.69, 9.17) is 4.74 Å². The van der Waals surface area contributed by atoms with Crippen LogP contribution in [0.5, 0.6) is 0 Å². The van der Waals surface area contributed by atoms with Gasteiger partial charge in [-0.3, -0.25) is 0 Å². The predicted molar refractivity (Wildman–Crippen MR) is 82.3 cm³/mol. The van der Waals surface area contributed by atoms with E-state index in [1.54, 1.807) is 0 Å². The number of hydrogen-bond donors (Lipinski definition) is 0. The first-order valence-electron chi connectivity index (χ1n) is 6.90. The monoisotopic (exact) mass is 312 g/mol. The molecule has 1 aromatic rings. The Labute approximate surface area is 120 Å². The fourth-order valence-corrected chi connectivity index (χ4v) is 2.40. The Bertz CT molecular complexity index is 297. The Morgan fingerprint density at radius 1 is 1.06 bits per heavy atom. The molecule has 1 aromatic carbocycles. The van der Waals surface area contributed by atoms with E-state index in [2.05, 4.69) is 60.1 Å². The number of benzene rings is 1. The van der Waals surface area contributed by atoms with Crippen molar-refractivity contribution in [3.63, 3.8) is 0 Å². The second kappa shape index (κ2) is 9.57. The van der Waals surface area contributed by atoms with Crippen molar-refractivity contribution >= 4 is 15.9 Å². The van der Waals surface area contributed by atoms with Crippen molar-refractivity contribution in [3.05, 3.63) is 35.9 Å². The topological polar surface area (TPSA) is 9.23 Å². The summed E-state index contributed by atoms with van der Waals surface area (Å²) in [5.74, 6) is 1.41. The van der Waals surface area contributed by atoms with Gasteiger partial charge in [0.25, 0.3) is 0 Å². The molecule has 2 heteroatoms. The standard InChI is InChI=1S/C16H25BrO/c1-14(2)8-10-18-11-9-16(13-17)12-15-6-4-3-5-7-15/h3-7,14,16H,8-13H2,1-2H3. The molecule has 0 aliphatic carbocycles. The lowest BCUT2D eigenvalue weighted by atomic mass is 9.98. The molecule has 1 unspecified atom stereocenters. The summed E-state index contributed by atoms with van der Waals surface area (Å²) in [5.41, 5.74) is 1.42. The molecule has 0 amide bonds. The number of halogens is 1. The van der Waals surface area contributed by atoms with Gasteiger partial charge in [-0.15, -0.1) is 0 Å². The molecule has 0 aliphatic rings. The molecular formula is C16H25BrO. The molecule has 18 heavy (non-hydrogen) atoms. The molecule has 1 atom stereocenters. The first-order chi connectivity index (χ1) is 8.72. The van der Waals surface area contributed by atoms with Gasteiger partial charge in [0.15, 0.2) is 0 Å². The van der Waals surface area contributed by atoms with Crippen LogP contribution in [0, 0.1) is 11.8 Å². The highest BCUT2D eigenvalue weighted by Crippen LogP contribution is 2.15. The minimum Gasteiger partial charge on any atom is -0.381 e. The van der Waals surface area contributed by atoms with Crippen LogP contribution in [0.15, 0.2) is 30.3 Å². The van der Waals surface area contributed by atoms with Gasteiger partial charge >= 0.3 is 0 Å². The highest BCUT2D eigenvalue weighted by Gasteiger charge is 2.08. The zero-order valence-electron chi connectivity index (χ0n) is 11.6. The lowest BCUT2D eigenvalue weighted by molar-refractivity contribution is 0.113. The number of alkyl halides is 1. The Balaban J connectivity index is 2.18. The summed E-state index contributed by atoms with van der Waals surface area (Å²) in [5, 5.41) is 1.05. The van der Waals surface area contributed by atoms with E-state index in [1.165, 1.54) is 5.56 Å². The molecule has 0 saturated heterocycles. The van der Waals surface area contributed by atoms with E-state index < -0.39 is 0 Å². The molecule has 0 N–H and O–H groups in total. The first kappa shape index (κ1) is 15.7. The predicted octanol–water partition coefficient (Wildman–Crippen LogP) is 4.69. The molecular weight excluding hydrogens is 288 g/mol. The third-order valence-electron chi connectivity index (χ3n) is 3.10. The van der Waals surface area contributed by atoms with Crippen LogP contribution < -0.4 is 0 Å². The Kier molecular flexibility index (Phi) is 8.36. The third-order valence-corrected chi connectivity index (χ3v) is 4.01. The molecule has 102 valence electrons. The quantitative estimate of drug-likeness (QED) is 0.474. The van der Waals surface area contributed by atoms with Crippen LogP contribution in [0.4, 0.5) is 0 Å². The van der Waals surface area contributed by atoms with Gasteiger partial charge < -0.3 is 4.74 Å². The van der Waals surface area contributed by atoms with E-state index >= 15 is 0 Å². The average Bonchev–Trinajstić information content (AvgIpc) is 2.38. The molecule has 0 bridgehead atoms. The zero-order valence-corrected chi connectivity index (χ0v) is 13.2. The van der Waals surface area contributed by atoms with Crippen molar-refractivity contribution in [2.24, 2.45) is 11.8 Å². The minimum absolute atomic E-state index is 0.673. The van der Waals surface area contributed by atoms with Crippen molar-refractivity contribution < 1.29 is 4.74 Å². The van der Waals surface area contributed by atoms with Gasteiger partial charge in [0.05, 0.1) is 0 Å². The van der Waals surface area contributed by atoms with Crippen molar-refractivity contribution in [2.45, 2.75) is 33.1 Å². The minimum atomic E-state index is 0.673. The van der Waals surface area contributed by atoms with Crippen LogP contribution in [-0.2, 0) is 11.2 Å². The molecule has 0 radical (unpaired) electrons. The normalized spacial score (nSPS) is 12.9. The highest BCUT2D eigenvalue weighted by atomic mass is 79.9. The first-order valence-corrected chi connectivity index (χ1v) is 8.02. The molecule has 0 fully saturated rings. The number of hydrogen-bond acceptors (Lipinski definition) is 1. The van der Waals surface area contributed by atoms with Crippen molar-refractivity contribution in [1.82, 2.24) is 0 Å². The number of rotatable bonds is 9. The SMILES string of the molecule is CC(C)CCOCCC(CBr)Cc1ccccc1. The molecule has 0 aliphatic heterocycles. The summed E-state index contributed by atoms with van der Waals surface area (Å²) in [4.78, 5) is 0. The molecule has 0 heterocycles. The smallest absolute Gasteiger partial charge is 0.0469 e. The van der Waals surface area contributed by atoms with Gasteiger partial charge in [-0.1, -0.05) is 60.1 Å². The maximum atomic E-state index is 5.69. The van der Waals surface area contributed by atoms with Crippen LogP contribution in [0.25, 0.3) is 0 Å². The second-order valence-electron chi connectivity index (χ2n) is 5.29. The van der Waals surface area contributed by atoms with E-state index in [1.807, 2.05) is 0 Å². The van der Waals surface area contributed by atoms with Gasteiger partial charge in [0.1, 0.15) is 0 Å². The lowest BCUT2D eigenvalue weighted by Crippen LogP contribution is -2.11. The van der Waals surface area contributed by atoms with Crippen LogP contribution in [0.1, 0.15) is 32.3 Å². The Morgan fingerprint density at radius 2 is 1.72 bits per heavy atom. The van der Waals surface area contributed by atoms with Crippen molar-refractivity contribution in [3.8, 4) is 0 Å². The Hall–Kier alpha value is -0.340. The summed E-state index contributed by atoms with van der Waals surface area (Å²) in [6.07, 6.45) is 3.44.